The van der Waals surface area contributed by atoms with E-state index in [4.69, 9.17) is 0 Å². The smallest absolute Gasteiger partial charge is 0.317 e. The van der Waals surface area contributed by atoms with Crippen LogP contribution < -0.4 is 5.32 Å². The summed E-state index contributed by atoms with van der Waals surface area (Å²) in [5.41, 5.74) is 0. The molecule has 2 atom stereocenters. The van der Waals surface area contributed by atoms with Crippen molar-refractivity contribution in [2.45, 2.75) is 83.3 Å². The van der Waals surface area contributed by atoms with Crippen molar-refractivity contribution in [1.29, 1.82) is 0 Å². The van der Waals surface area contributed by atoms with Gasteiger partial charge in [-0.15, -0.1) is 0 Å². The molecule has 2 rings (SSSR count). The molecule has 0 aromatic heterocycles. The molecule has 0 aromatic carbocycles. The van der Waals surface area contributed by atoms with E-state index in [-0.39, 0.29) is 18.2 Å². The molecule has 4 nitrogen and oxygen atoms in total. The molecular formula is C17H32N2O2. The van der Waals surface area contributed by atoms with Crippen molar-refractivity contribution in [2.24, 2.45) is 5.92 Å². The number of hydrogen-bond donors (Lipinski definition) is 2. The minimum atomic E-state index is -0.210. The molecule has 122 valence electrons. The highest BCUT2D eigenvalue weighted by molar-refractivity contribution is 5.74. The molecule has 0 spiro atoms. The lowest BCUT2D eigenvalue weighted by atomic mass is 9.96. The summed E-state index contributed by atoms with van der Waals surface area (Å²) in [5, 5.41) is 12.9. The second-order valence-corrected chi connectivity index (χ2v) is 6.78. The normalized spacial score (nSPS) is 25.9. The molecule has 1 aliphatic carbocycles. The van der Waals surface area contributed by atoms with Gasteiger partial charge in [-0.2, -0.15) is 0 Å². The lowest BCUT2D eigenvalue weighted by Gasteiger charge is -2.38. The second-order valence-electron chi connectivity index (χ2n) is 6.78. The first-order valence-corrected chi connectivity index (χ1v) is 8.95. The van der Waals surface area contributed by atoms with Crippen molar-refractivity contribution in [3.63, 3.8) is 0 Å². The highest BCUT2D eigenvalue weighted by Gasteiger charge is 2.40. The Hall–Kier alpha value is -0.770. The zero-order valence-corrected chi connectivity index (χ0v) is 13.5. The average molecular weight is 296 g/mol. The van der Waals surface area contributed by atoms with Crippen molar-refractivity contribution >= 4 is 6.03 Å². The zero-order valence-electron chi connectivity index (χ0n) is 13.5. The molecule has 2 N–H and O–H groups in total. The number of nitrogens with zero attached hydrogens (tertiary/aromatic N) is 1. The third-order valence-corrected chi connectivity index (χ3v) is 4.85. The van der Waals surface area contributed by atoms with E-state index >= 15 is 0 Å². The van der Waals surface area contributed by atoms with Crippen molar-refractivity contribution in [3.05, 3.63) is 0 Å². The predicted molar refractivity (Wildman–Crippen MR) is 85.2 cm³/mol. The Morgan fingerprint density at radius 1 is 1.14 bits per heavy atom. The molecular weight excluding hydrogens is 264 g/mol. The average Bonchev–Trinajstić information content (AvgIpc) is 3.30. The van der Waals surface area contributed by atoms with Gasteiger partial charge in [0.2, 0.25) is 0 Å². The molecule has 0 unspecified atom stereocenters. The molecule has 1 heterocycles. The van der Waals surface area contributed by atoms with Gasteiger partial charge in [-0.25, -0.2) is 4.79 Å². The number of urea groups is 1. The van der Waals surface area contributed by atoms with Crippen LogP contribution in [0, 0.1) is 5.92 Å². The molecule has 1 saturated heterocycles. The minimum Gasteiger partial charge on any atom is -0.393 e. The Balaban J connectivity index is 1.62. The van der Waals surface area contributed by atoms with E-state index in [2.05, 4.69) is 12.2 Å². The molecule has 0 bridgehead atoms. The number of likely N-dealkylation sites (tertiary alicyclic amines) is 1. The Bertz CT molecular complexity index is 318. The Labute approximate surface area is 129 Å². The van der Waals surface area contributed by atoms with Crippen LogP contribution in [-0.2, 0) is 0 Å². The van der Waals surface area contributed by atoms with Crippen molar-refractivity contribution in [3.8, 4) is 0 Å². The van der Waals surface area contributed by atoms with E-state index in [1.807, 2.05) is 4.90 Å². The molecule has 4 heteroatoms. The summed E-state index contributed by atoms with van der Waals surface area (Å²) in [6.45, 7) is 3.73. The lowest BCUT2D eigenvalue weighted by Crippen LogP contribution is -2.52. The van der Waals surface area contributed by atoms with Crippen LogP contribution in [0.4, 0.5) is 4.79 Å². The summed E-state index contributed by atoms with van der Waals surface area (Å²) in [6, 6.07) is 0.366. The number of aliphatic hydroxyl groups excluding tert-OH is 1. The summed E-state index contributed by atoms with van der Waals surface area (Å²) in [7, 11) is 0. The Morgan fingerprint density at radius 3 is 2.57 bits per heavy atom. The maximum Gasteiger partial charge on any atom is 0.317 e. The van der Waals surface area contributed by atoms with Crippen LogP contribution in [0.15, 0.2) is 0 Å². The van der Waals surface area contributed by atoms with Gasteiger partial charge in [0.15, 0.2) is 0 Å². The fourth-order valence-electron chi connectivity index (χ4n) is 3.36. The van der Waals surface area contributed by atoms with Crippen LogP contribution in [0.25, 0.3) is 0 Å². The summed E-state index contributed by atoms with van der Waals surface area (Å²) < 4.78 is 0. The number of carbonyl (C=O) groups excluding carboxylic acids is 1. The minimum absolute atomic E-state index is 0.0901. The highest BCUT2D eigenvalue weighted by atomic mass is 16.3. The number of aliphatic hydroxyl groups is 1. The number of rotatable bonds is 8. The second kappa shape index (κ2) is 8.62. The number of hydrogen-bond acceptors (Lipinski definition) is 2. The summed E-state index contributed by atoms with van der Waals surface area (Å²) in [4.78, 5) is 14.3. The molecule has 0 radical (unpaired) electrons. The van der Waals surface area contributed by atoms with Gasteiger partial charge in [-0.3, -0.25) is 0 Å². The molecule has 2 fully saturated rings. The number of unbranched alkanes of at least 4 members (excludes halogenated alkanes) is 5. The molecule has 2 amide bonds. The van der Waals surface area contributed by atoms with Crippen LogP contribution in [0.2, 0.25) is 0 Å². The molecule has 21 heavy (non-hydrogen) atoms. The maximum absolute atomic E-state index is 12.3. The summed E-state index contributed by atoms with van der Waals surface area (Å²) >= 11 is 0. The molecule has 1 aliphatic heterocycles. The van der Waals surface area contributed by atoms with E-state index in [0.717, 1.165) is 25.8 Å². The van der Waals surface area contributed by atoms with Gasteiger partial charge in [0.05, 0.1) is 6.10 Å². The molecule has 0 aromatic rings. The van der Waals surface area contributed by atoms with Crippen molar-refractivity contribution in [2.75, 3.05) is 13.1 Å². The zero-order chi connectivity index (χ0) is 15.1. The van der Waals surface area contributed by atoms with Crippen molar-refractivity contribution in [1.82, 2.24) is 10.2 Å². The van der Waals surface area contributed by atoms with E-state index in [0.29, 0.717) is 12.5 Å². The Morgan fingerprint density at radius 2 is 1.86 bits per heavy atom. The van der Waals surface area contributed by atoms with Crippen LogP contribution in [0.3, 0.4) is 0 Å². The third kappa shape index (κ3) is 5.50. The van der Waals surface area contributed by atoms with Gasteiger partial charge in [0.1, 0.15) is 0 Å². The van der Waals surface area contributed by atoms with Gasteiger partial charge >= 0.3 is 6.03 Å². The SMILES string of the molecule is CCCCCCCCNC(=O)N1CC[C@H](O)C[C@@H]1C1CC1. The number of piperidine rings is 1. The summed E-state index contributed by atoms with van der Waals surface area (Å²) in [6.07, 6.45) is 11.2. The van der Waals surface area contributed by atoms with Gasteiger partial charge in [-0.05, 0) is 38.0 Å². The first-order valence-electron chi connectivity index (χ1n) is 8.95. The highest BCUT2D eigenvalue weighted by Crippen LogP contribution is 2.39. The van der Waals surface area contributed by atoms with Gasteiger partial charge in [0.25, 0.3) is 0 Å². The topological polar surface area (TPSA) is 52.6 Å². The molecule has 2 aliphatic rings. The Kier molecular flexibility index (Phi) is 6.81. The van der Waals surface area contributed by atoms with Gasteiger partial charge in [0, 0.05) is 19.1 Å². The van der Waals surface area contributed by atoms with E-state index in [9.17, 15) is 9.90 Å². The quantitative estimate of drug-likeness (QED) is 0.675. The predicted octanol–water partition coefficient (Wildman–Crippen LogP) is 3.29. The van der Waals surface area contributed by atoms with E-state index < -0.39 is 0 Å². The fraction of sp³-hybridized carbons (Fsp3) is 0.941. The number of amides is 2. The van der Waals surface area contributed by atoms with Crippen LogP contribution in [-0.4, -0.2) is 41.3 Å². The first kappa shape index (κ1) is 16.6. The first-order chi connectivity index (χ1) is 10.2. The number of nitrogens with one attached hydrogen (secondary N) is 1. The van der Waals surface area contributed by atoms with Crippen molar-refractivity contribution < 1.29 is 9.90 Å². The van der Waals surface area contributed by atoms with E-state index in [1.165, 1.54) is 44.9 Å². The summed E-state index contributed by atoms with van der Waals surface area (Å²) in [5.74, 6) is 0.639. The maximum atomic E-state index is 12.3. The van der Waals surface area contributed by atoms with Gasteiger partial charge < -0.3 is 15.3 Å². The van der Waals surface area contributed by atoms with Crippen LogP contribution in [0.5, 0.6) is 0 Å². The van der Waals surface area contributed by atoms with E-state index in [1.54, 1.807) is 0 Å². The standard InChI is InChI=1S/C17H32N2O2/c1-2-3-4-5-6-7-11-18-17(21)19-12-10-15(20)13-16(19)14-8-9-14/h14-16,20H,2-13H2,1H3,(H,18,21)/t15-,16+/m0/s1. The van der Waals surface area contributed by atoms with Crippen LogP contribution in [0.1, 0.15) is 71.1 Å². The van der Waals surface area contributed by atoms with Crippen LogP contribution >= 0.6 is 0 Å². The lowest BCUT2D eigenvalue weighted by molar-refractivity contribution is 0.0513. The fourth-order valence-corrected chi connectivity index (χ4v) is 3.36. The molecule has 1 saturated carbocycles. The monoisotopic (exact) mass is 296 g/mol. The number of carbonyl (C=O) groups is 1. The third-order valence-electron chi connectivity index (χ3n) is 4.85. The largest absolute Gasteiger partial charge is 0.393 e. The van der Waals surface area contributed by atoms with Gasteiger partial charge in [-0.1, -0.05) is 39.0 Å².